The second-order valence-corrected chi connectivity index (χ2v) is 4.93. The first-order valence-corrected chi connectivity index (χ1v) is 6.69. The molecule has 0 aromatic heterocycles. The van der Waals surface area contributed by atoms with Gasteiger partial charge in [-0.1, -0.05) is 0 Å². The van der Waals surface area contributed by atoms with Gasteiger partial charge in [0, 0.05) is 18.2 Å². The quantitative estimate of drug-likeness (QED) is 0.619. The highest BCUT2D eigenvalue weighted by Crippen LogP contribution is 2.22. The molecule has 1 rings (SSSR count). The zero-order valence-electron chi connectivity index (χ0n) is 13.1. The summed E-state index contributed by atoms with van der Waals surface area (Å²) in [4.78, 5) is 0. The second kappa shape index (κ2) is 6.98. The van der Waals surface area contributed by atoms with Crippen molar-refractivity contribution in [1.82, 2.24) is 5.32 Å². The largest absolute Gasteiger partial charge is 0.491 e. The molecule has 2 N–H and O–H groups in total. The average molecular weight is 276 g/mol. The zero-order valence-corrected chi connectivity index (χ0v) is 13.1. The number of benzene rings is 1. The zero-order chi connectivity index (χ0) is 15.3. The van der Waals surface area contributed by atoms with Crippen molar-refractivity contribution in [3.05, 3.63) is 40.8 Å². The van der Waals surface area contributed by atoms with E-state index in [4.69, 9.17) is 14.9 Å². The Morgan fingerprint density at radius 3 is 2.40 bits per heavy atom. The van der Waals surface area contributed by atoms with E-state index in [0.29, 0.717) is 11.6 Å². The van der Waals surface area contributed by atoms with Gasteiger partial charge in [-0.05, 0) is 51.5 Å². The van der Waals surface area contributed by atoms with Crippen LogP contribution in [0, 0.1) is 12.3 Å². The third-order valence-electron chi connectivity index (χ3n) is 2.97. The van der Waals surface area contributed by atoms with Gasteiger partial charge in [0.15, 0.2) is 5.88 Å². The van der Waals surface area contributed by atoms with Crippen LogP contribution in [0.3, 0.4) is 0 Å². The summed E-state index contributed by atoms with van der Waals surface area (Å²) >= 11 is 0. The van der Waals surface area contributed by atoms with Crippen LogP contribution >= 0.6 is 0 Å². The number of hydrogen-bond acceptors (Lipinski definition) is 4. The first kappa shape index (κ1) is 16.1. The number of rotatable bonds is 6. The molecule has 0 aliphatic heterocycles. The Hall–Kier alpha value is -1.97. The Labute approximate surface area is 121 Å². The van der Waals surface area contributed by atoms with Crippen molar-refractivity contribution in [1.29, 1.82) is 5.41 Å². The van der Waals surface area contributed by atoms with E-state index >= 15 is 0 Å². The molecule has 0 saturated heterocycles. The molecule has 1 aromatic carbocycles. The Bertz CT molecular complexity index is 513. The maximum absolute atomic E-state index is 8.26. The van der Waals surface area contributed by atoms with Gasteiger partial charge in [0.1, 0.15) is 5.75 Å². The third kappa shape index (κ3) is 3.76. The summed E-state index contributed by atoms with van der Waals surface area (Å²) in [6.45, 7) is 7.86. The topological polar surface area (TPSA) is 54.3 Å². The van der Waals surface area contributed by atoms with E-state index in [1.54, 1.807) is 14.2 Å². The van der Waals surface area contributed by atoms with Crippen LogP contribution in [0.4, 0.5) is 0 Å². The molecule has 0 spiro atoms. The summed E-state index contributed by atoms with van der Waals surface area (Å²) in [5.41, 5.74) is 3.08. The molecule has 0 radical (unpaired) electrons. The van der Waals surface area contributed by atoms with Crippen LogP contribution < -0.4 is 10.1 Å². The normalized spacial score (nSPS) is 11.9. The fraction of sp³-hybridized carbons (Fsp3) is 0.438. The number of allylic oxidation sites excluding steroid dienone is 1. The minimum atomic E-state index is 0.144. The number of ether oxygens (including phenoxy) is 2. The van der Waals surface area contributed by atoms with Crippen molar-refractivity contribution in [3.63, 3.8) is 0 Å². The minimum absolute atomic E-state index is 0.144. The van der Waals surface area contributed by atoms with Crippen LogP contribution in [0.5, 0.6) is 5.75 Å². The second-order valence-electron chi connectivity index (χ2n) is 4.93. The molecule has 0 saturated carbocycles. The van der Waals surface area contributed by atoms with Gasteiger partial charge in [0.25, 0.3) is 0 Å². The van der Waals surface area contributed by atoms with E-state index in [1.807, 2.05) is 45.9 Å². The molecule has 110 valence electrons. The van der Waals surface area contributed by atoms with Gasteiger partial charge >= 0.3 is 0 Å². The van der Waals surface area contributed by atoms with E-state index in [2.05, 4.69) is 5.32 Å². The fourth-order valence-corrected chi connectivity index (χ4v) is 1.96. The number of hydrogen-bond donors (Lipinski definition) is 2. The van der Waals surface area contributed by atoms with Crippen LogP contribution in [-0.4, -0.2) is 26.0 Å². The average Bonchev–Trinajstić information content (AvgIpc) is 2.41. The summed E-state index contributed by atoms with van der Waals surface area (Å²) in [5.74, 6) is 1.47. The maximum Gasteiger partial charge on any atom is 0.191 e. The molecule has 0 aliphatic carbocycles. The third-order valence-corrected chi connectivity index (χ3v) is 2.97. The predicted octanol–water partition coefficient (Wildman–Crippen LogP) is 3.25. The first-order valence-electron chi connectivity index (χ1n) is 6.69. The van der Waals surface area contributed by atoms with Gasteiger partial charge in [-0.3, -0.25) is 5.41 Å². The van der Waals surface area contributed by atoms with Gasteiger partial charge in [-0.2, -0.15) is 0 Å². The van der Waals surface area contributed by atoms with Gasteiger partial charge < -0.3 is 14.8 Å². The number of nitrogens with one attached hydrogen (secondary N) is 2. The lowest BCUT2D eigenvalue weighted by Gasteiger charge is -2.15. The van der Waals surface area contributed by atoms with Crippen molar-refractivity contribution < 1.29 is 9.47 Å². The van der Waals surface area contributed by atoms with Crippen LogP contribution in [0.25, 0.3) is 0 Å². The molecule has 4 heteroatoms. The van der Waals surface area contributed by atoms with Crippen LogP contribution in [-0.2, 0) is 4.74 Å². The lowest BCUT2D eigenvalue weighted by molar-refractivity contribution is 0.241. The van der Waals surface area contributed by atoms with E-state index in [1.165, 1.54) is 0 Å². The smallest absolute Gasteiger partial charge is 0.191 e. The molecule has 0 bridgehead atoms. The van der Waals surface area contributed by atoms with Gasteiger partial charge in [0.2, 0.25) is 0 Å². The van der Waals surface area contributed by atoms with E-state index < -0.39 is 0 Å². The van der Waals surface area contributed by atoms with E-state index in [-0.39, 0.29) is 6.10 Å². The van der Waals surface area contributed by atoms with Gasteiger partial charge in [-0.15, -0.1) is 0 Å². The summed E-state index contributed by atoms with van der Waals surface area (Å²) in [5, 5.41) is 11.2. The highest BCUT2D eigenvalue weighted by atomic mass is 16.5. The molecule has 0 fully saturated rings. The molecule has 0 heterocycles. The summed E-state index contributed by atoms with van der Waals surface area (Å²) < 4.78 is 10.9. The van der Waals surface area contributed by atoms with Crippen molar-refractivity contribution in [3.8, 4) is 5.75 Å². The molecule has 0 unspecified atom stereocenters. The van der Waals surface area contributed by atoms with Crippen LogP contribution in [0.2, 0.25) is 0 Å². The fourth-order valence-electron chi connectivity index (χ4n) is 1.96. The molecular weight excluding hydrogens is 252 g/mol. The van der Waals surface area contributed by atoms with Gasteiger partial charge in [-0.25, -0.2) is 0 Å². The monoisotopic (exact) mass is 276 g/mol. The van der Waals surface area contributed by atoms with Crippen molar-refractivity contribution in [2.24, 2.45) is 0 Å². The van der Waals surface area contributed by atoms with E-state index in [9.17, 15) is 0 Å². The van der Waals surface area contributed by atoms with Crippen molar-refractivity contribution in [2.45, 2.75) is 33.8 Å². The number of aryl methyl sites for hydroxylation is 1. The number of methoxy groups -OCH3 is 1. The SMILES string of the molecule is CN/C(OC)=C(/C)C(=N)c1ccc(OC(C)C)c(C)c1. The van der Waals surface area contributed by atoms with E-state index in [0.717, 1.165) is 22.4 Å². The first-order chi connectivity index (χ1) is 9.40. The Morgan fingerprint density at radius 1 is 1.30 bits per heavy atom. The summed E-state index contributed by atoms with van der Waals surface area (Å²) in [7, 11) is 3.37. The lowest BCUT2D eigenvalue weighted by atomic mass is 10.0. The summed E-state index contributed by atoms with van der Waals surface area (Å²) in [6, 6.07) is 5.78. The highest BCUT2D eigenvalue weighted by molar-refractivity contribution is 6.10. The molecule has 20 heavy (non-hydrogen) atoms. The minimum Gasteiger partial charge on any atom is -0.491 e. The molecule has 4 nitrogen and oxygen atoms in total. The van der Waals surface area contributed by atoms with Gasteiger partial charge in [0.05, 0.1) is 18.9 Å². The molecule has 0 amide bonds. The molecule has 0 aliphatic rings. The molecule has 0 atom stereocenters. The molecule has 1 aromatic rings. The maximum atomic E-state index is 8.26. The standard InChI is InChI=1S/C16H24N2O2/c1-10(2)20-14-8-7-13(9-11(14)3)15(17)12(4)16(18-5)19-6/h7-10,17-18H,1-6H3/b16-12+,17-15?. The van der Waals surface area contributed by atoms with Crippen LogP contribution in [0.1, 0.15) is 31.9 Å². The van der Waals surface area contributed by atoms with Crippen molar-refractivity contribution >= 4 is 5.71 Å². The predicted molar refractivity (Wildman–Crippen MR) is 82.5 cm³/mol. The van der Waals surface area contributed by atoms with Crippen molar-refractivity contribution in [2.75, 3.05) is 14.2 Å². The molecular formula is C16H24N2O2. The highest BCUT2D eigenvalue weighted by Gasteiger charge is 2.11. The van der Waals surface area contributed by atoms with Crippen LogP contribution in [0.15, 0.2) is 29.7 Å². The Morgan fingerprint density at radius 2 is 1.95 bits per heavy atom. The Kier molecular flexibility index (Phi) is 5.62. The Balaban J connectivity index is 3.07. The summed E-state index contributed by atoms with van der Waals surface area (Å²) in [6.07, 6.45) is 0.144. The lowest BCUT2D eigenvalue weighted by Crippen LogP contribution is -2.15.